The molecule has 4 nitrogen and oxygen atoms in total. The molecule has 0 aromatic heterocycles. The van der Waals surface area contributed by atoms with Crippen LogP contribution in [-0.2, 0) is 4.74 Å². The summed E-state index contributed by atoms with van der Waals surface area (Å²) in [6.45, 7) is 5.02. The fourth-order valence-electron chi connectivity index (χ4n) is 5.37. The number of carbonyl (C=O) groups is 1. The third-order valence-corrected chi connectivity index (χ3v) is 7.36. The molecule has 0 fully saturated rings. The number of hydrogen-bond donors (Lipinski definition) is 1. The van der Waals surface area contributed by atoms with E-state index in [4.69, 9.17) is 9.47 Å². The Bertz CT molecular complexity index is 1370. The molecule has 0 radical (unpaired) electrons. The van der Waals surface area contributed by atoms with E-state index in [9.17, 15) is 4.79 Å². The van der Waals surface area contributed by atoms with Crippen LogP contribution in [0.2, 0.25) is 0 Å². The summed E-state index contributed by atoms with van der Waals surface area (Å²) in [4.78, 5) is 12.3. The summed E-state index contributed by atoms with van der Waals surface area (Å²) in [6.07, 6.45) is 1.85. The van der Waals surface area contributed by atoms with Crippen LogP contribution in [0.3, 0.4) is 0 Å². The Morgan fingerprint density at radius 2 is 1.81 bits per heavy atom. The second kappa shape index (κ2) is 10.5. The van der Waals surface area contributed by atoms with Crippen LogP contribution >= 0.6 is 0 Å². The van der Waals surface area contributed by atoms with Crippen LogP contribution in [0.1, 0.15) is 64.3 Å². The Hall–Kier alpha value is -3.63. The van der Waals surface area contributed by atoms with Crippen molar-refractivity contribution >= 4 is 16.7 Å². The largest absolute Gasteiger partial charge is 0.490 e. The second-order valence-electron chi connectivity index (χ2n) is 9.66. The number of rotatable bonds is 7. The van der Waals surface area contributed by atoms with Crippen molar-refractivity contribution in [3.8, 4) is 5.75 Å². The highest BCUT2D eigenvalue weighted by Crippen LogP contribution is 2.41. The fraction of sp³-hybridized carbons (Fsp3) is 0.281. The highest BCUT2D eigenvalue weighted by atomic mass is 16.5. The molecule has 1 N–H and O–H groups in total. The first kappa shape index (κ1) is 24.1. The van der Waals surface area contributed by atoms with Crippen molar-refractivity contribution in [1.82, 2.24) is 5.32 Å². The number of ether oxygens (including phenoxy) is 2. The van der Waals surface area contributed by atoms with Crippen LogP contribution in [0.15, 0.2) is 84.9 Å². The lowest BCUT2D eigenvalue weighted by Gasteiger charge is -2.33. The van der Waals surface area contributed by atoms with Gasteiger partial charge < -0.3 is 14.8 Å². The summed E-state index contributed by atoms with van der Waals surface area (Å²) in [6, 6.07) is 29.7. The molecule has 0 spiro atoms. The van der Waals surface area contributed by atoms with Gasteiger partial charge in [-0.05, 0) is 72.8 Å². The lowest BCUT2D eigenvalue weighted by molar-refractivity contribution is 0.0599. The molecule has 4 heteroatoms. The average molecular weight is 480 g/mol. The molecular weight excluding hydrogens is 446 g/mol. The summed E-state index contributed by atoms with van der Waals surface area (Å²) in [7, 11) is 1.43. The molecule has 4 aromatic rings. The van der Waals surface area contributed by atoms with Crippen LogP contribution in [0.5, 0.6) is 5.75 Å². The van der Waals surface area contributed by atoms with Gasteiger partial charge in [-0.15, -0.1) is 0 Å². The zero-order chi connectivity index (χ0) is 25.1. The Kier molecular flexibility index (Phi) is 7.06. The molecule has 0 unspecified atom stereocenters. The van der Waals surface area contributed by atoms with Gasteiger partial charge in [0, 0.05) is 17.5 Å². The SMILES string of the molecule is COC(=O)c1cc([C@H]2C[C@H](CCN[C@H](C)c3cccc4ccccc34)Oc3ccccc32)ccc1C. The Morgan fingerprint density at radius 3 is 2.67 bits per heavy atom. The first-order valence-electron chi connectivity index (χ1n) is 12.7. The van der Waals surface area contributed by atoms with Crippen LogP contribution in [0.4, 0.5) is 0 Å². The van der Waals surface area contributed by atoms with Crippen molar-refractivity contribution < 1.29 is 14.3 Å². The minimum atomic E-state index is -0.294. The highest BCUT2D eigenvalue weighted by Gasteiger charge is 2.30. The summed E-state index contributed by atoms with van der Waals surface area (Å²) in [5.74, 6) is 0.804. The standard InChI is InChI=1S/C32H33NO3/c1-21-15-16-24(19-29(21)32(34)35-3)30-20-25(36-31-14-7-6-12-28(30)31)17-18-33-22(2)26-13-8-10-23-9-4-5-11-27(23)26/h4-16,19,22,25,30,33H,17-18,20H2,1-3H3/t22-,25+,30-/m1/s1. The molecular formula is C32H33NO3. The van der Waals surface area contributed by atoms with Crippen molar-refractivity contribution in [2.75, 3.05) is 13.7 Å². The lowest BCUT2D eigenvalue weighted by Crippen LogP contribution is -2.31. The van der Waals surface area contributed by atoms with Crippen molar-refractivity contribution in [2.24, 2.45) is 0 Å². The molecule has 0 bridgehead atoms. The molecule has 1 heterocycles. The van der Waals surface area contributed by atoms with Gasteiger partial charge in [0.05, 0.1) is 12.7 Å². The van der Waals surface area contributed by atoms with E-state index in [1.807, 2.05) is 25.1 Å². The van der Waals surface area contributed by atoms with E-state index >= 15 is 0 Å². The first-order chi connectivity index (χ1) is 17.5. The van der Waals surface area contributed by atoms with Crippen molar-refractivity contribution in [3.05, 3.63) is 113 Å². The topological polar surface area (TPSA) is 47.6 Å². The number of hydrogen-bond acceptors (Lipinski definition) is 4. The van der Waals surface area contributed by atoms with Crippen molar-refractivity contribution in [2.45, 2.75) is 44.8 Å². The maximum absolute atomic E-state index is 12.3. The summed E-state index contributed by atoms with van der Waals surface area (Å²) < 4.78 is 11.4. The molecule has 0 saturated heterocycles. The number of aryl methyl sites for hydroxylation is 1. The molecule has 0 amide bonds. The van der Waals surface area contributed by atoms with Gasteiger partial charge in [-0.3, -0.25) is 0 Å². The van der Waals surface area contributed by atoms with Gasteiger partial charge in [0.1, 0.15) is 11.9 Å². The van der Waals surface area contributed by atoms with E-state index < -0.39 is 0 Å². The zero-order valence-corrected chi connectivity index (χ0v) is 21.2. The number of nitrogens with one attached hydrogen (secondary N) is 1. The number of fused-ring (bicyclic) bond motifs is 2. The summed E-state index contributed by atoms with van der Waals surface area (Å²) in [5.41, 5.74) is 5.16. The van der Waals surface area contributed by atoms with Gasteiger partial charge in [-0.25, -0.2) is 4.79 Å². The fourth-order valence-corrected chi connectivity index (χ4v) is 5.37. The van der Waals surface area contributed by atoms with Gasteiger partial charge in [0.15, 0.2) is 0 Å². The second-order valence-corrected chi connectivity index (χ2v) is 9.66. The summed E-state index contributed by atoms with van der Waals surface area (Å²) in [5, 5.41) is 6.28. The van der Waals surface area contributed by atoms with Crippen LogP contribution < -0.4 is 10.1 Å². The Morgan fingerprint density at radius 1 is 1.03 bits per heavy atom. The molecule has 1 aliphatic heterocycles. The number of carbonyl (C=O) groups excluding carboxylic acids is 1. The van der Waals surface area contributed by atoms with E-state index in [1.54, 1.807) is 0 Å². The molecule has 1 aliphatic rings. The van der Waals surface area contributed by atoms with Crippen molar-refractivity contribution in [3.63, 3.8) is 0 Å². The average Bonchev–Trinajstić information content (AvgIpc) is 2.92. The molecule has 4 aromatic carbocycles. The monoisotopic (exact) mass is 479 g/mol. The molecule has 0 saturated carbocycles. The van der Waals surface area contributed by atoms with E-state index in [-0.39, 0.29) is 24.0 Å². The van der Waals surface area contributed by atoms with Crippen LogP contribution in [0.25, 0.3) is 10.8 Å². The van der Waals surface area contributed by atoms with E-state index in [2.05, 4.69) is 79.0 Å². The van der Waals surface area contributed by atoms with E-state index in [0.717, 1.165) is 36.3 Å². The number of methoxy groups -OCH3 is 1. The number of benzene rings is 4. The molecule has 0 aliphatic carbocycles. The normalized spacial score (nSPS) is 17.8. The quantitative estimate of drug-likeness (QED) is 0.291. The highest BCUT2D eigenvalue weighted by molar-refractivity contribution is 5.91. The maximum atomic E-state index is 12.3. The Labute approximate surface area is 213 Å². The third kappa shape index (κ3) is 4.87. The minimum absolute atomic E-state index is 0.0833. The van der Waals surface area contributed by atoms with Gasteiger partial charge in [0.25, 0.3) is 0 Å². The van der Waals surface area contributed by atoms with E-state index in [0.29, 0.717) is 5.56 Å². The predicted molar refractivity (Wildman–Crippen MR) is 145 cm³/mol. The van der Waals surface area contributed by atoms with Crippen LogP contribution in [0, 0.1) is 6.92 Å². The van der Waals surface area contributed by atoms with Gasteiger partial charge in [-0.2, -0.15) is 0 Å². The lowest BCUT2D eigenvalue weighted by atomic mass is 9.82. The molecule has 3 atom stereocenters. The van der Waals surface area contributed by atoms with Crippen LogP contribution in [-0.4, -0.2) is 25.7 Å². The number of para-hydroxylation sites is 1. The molecule has 36 heavy (non-hydrogen) atoms. The minimum Gasteiger partial charge on any atom is -0.490 e. The smallest absolute Gasteiger partial charge is 0.338 e. The van der Waals surface area contributed by atoms with E-state index in [1.165, 1.54) is 29.0 Å². The van der Waals surface area contributed by atoms with Gasteiger partial charge in [0.2, 0.25) is 0 Å². The maximum Gasteiger partial charge on any atom is 0.338 e. The molecule has 184 valence electrons. The van der Waals surface area contributed by atoms with Gasteiger partial charge in [-0.1, -0.05) is 72.8 Å². The predicted octanol–water partition coefficient (Wildman–Crippen LogP) is 6.96. The third-order valence-electron chi connectivity index (χ3n) is 7.36. The zero-order valence-electron chi connectivity index (χ0n) is 21.2. The van der Waals surface area contributed by atoms with Crippen molar-refractivity contribution in [1.29, 1.82) is 0 Å². The number of esters is 1. The Balaban J connectivity index is 1.32. The first-order valence-corrected chi connectivity index (χ1v) is 12.7. The summed E-state index contributed by atoms with van der Waals surface area (Å²) >= 11 is 0. The van der Waals surface area contributed by atoms with Gasteiger partial charge >= 0.3 is 5.97 Å². The molecule has 5 rings (SSSR count).